The molecule has 1 N–H and O–H groups in total. The van der Waals surface area contributed by atoms with Gasteiger partial charge in [-0.05, 0) is 38.0 Å². The average Bonchev–Trinajstić information content (AvgIpc) is 2.43. The summed E-state index contributed by atoms with van der Waals surface area (Å²) in [4.78, 5) is 2.22. The molecule has 0 aromatic heterocycles. The summed E-state index contributed by atoms with van der Waals surface area (Å²) >= 11 is 5.86. The van der Waals surface area contributed by atoms with Gasteiger partial charge in [0.05, 0.1) is 5.69 Å². The molecule has 1 aliphatic heterocycles. The van der Waals surface area contributed by atoms with E-state index in [-0.39, 0.29) is 11.4 Å². The highest BCUT2D eigenvalue weighted by Crippen LogP contribution is 2.35. The normalized spacial score (nSPS) is 25.9. The topological polar surface area (TPSA) is 15.3 Å². The van der Waals surface area contributed by atoms with Gasteiger partial charge in [-0.1, -0.05) is 30.9 Å². The quantitative estimate of drug-likeness (QED) is 0.843. The molecule has 20 heavy (non-hydrogen) atoms. The van der Waals surface area contributed by atoms with Crippen molar-refractivity contribution in [2.75, 3.05) is 18.0 Å². The van der Waals surface area contributed by atoms with Crippen molar-refractivity contribution < 1.29 is 4.39 Å². The van der Waals surface area contributed by atoms with Crippen molar-refractivity contribution >= 4 is 17.3 Å². The Labute approximate surface area is 125 Å². The van der Waals surface area contributed by atoms with Gasteiger partial charge in [0.1, 0.15) is 5.82 Å². The summed E-state index contributed by atoms with van der Waals surface area (Å²) in [7, 11) is 0. The van der Waals surface area contributed by atoms with E-state index < -0.39 is 0 Å². The SMILES string of the molecule is CC1CNC2(CCCCC2)CN1c1ccc(Cl)cc1F. The summed E-state index contributed by atoms with van der Waals surface area (Å²) in [5, 5.41) is 4.18. The number of hydrogen-bond acceptors (Lipinski definition) is 2. The number of hydrogen-bond donors (Lipinski definition) is 1. The minimum absolute atomic E-state index is 0.177. The van der Waals surface area contributed by atoms with Crippen molar-refractivity contribution in [2.45, 2.75) is 50.6 Å². The van der Waals surface area contributed by atoms with Gasteiger partial charge in [-0.25, -0.2) is 4.39 Å². The van der Waals surface area contributed by atoms with Crippen LogP contribution in [0, 0.1) is 5.82 Å². The van der Waals surface area contributed by atoms with Crippen molar-refractivity contribution in [1.82, 2.24) is 5.32 Å². The Kier molecular flexibility index (Phi) is 3.91. The van der Waals surface area contributed by atoms with Gasteiger partial charge in [-0.3, -0.25) is 0 Å². The maximum atomic E-state index is 14.2. The summed E-state index contributed by atoms with van der Waals surface area (Å²) in [5.41, 5.74) is 0.866. The lowest BCUT2D eigenvalue weighted by Crippen LogP contribution is -2.64. The maximum absolute atomic E-state index is 14.2. The zero-order valence-corrected chi connectivity index (χ0v) is 12.7. The maximum Gasteiger partial charge on any atom is 0.147 e. The number of benzene rings is 1. The first-order valence-corrected chi connectivity index (χ1v) is 7.94. The second kappa shape index (κ2) is 5.53. The van der Waals surface area contributed by atoms with E-state index in [4.69, 9.17) is 11.6 Å². The fourth-order valence-electron chi connectivity index (χ4n) is 3.61. The van der Waals surface area contributed by atoms with Crippen LogP contribution in [0.4, 0.5) is 10.1 Å². The standard InChI is InChI=1S/C16H22ClFN2/c1-12-10-19-16(7-3-2-4-8-16)11-20(12)15-6-5-13(17)9-14(15)18/h5-6,9,12,19H,2-4,7-8,10-11H2,1H3. The first-order valence-electron chi connectivity index (χ1n) is 7.56. The van der Waals surface area contributed by atoms with Crippen molar-refractivity contribution in [2.24, 2.45) is 0 Å². The van der Waals surface area contributed by atoms with E-state index in [1.54, 1.807) is 6.07 Å². The predicted molar refractivity (Wildman–Crippen MR) is 82.0 cm³/mol. The fraction of sp³-hybridized carbons (Fsp3) is 0.625. The van der Waals surface area contributed by atoms with Crippen molar-refractivity contribution in [3.8, 4) is 0 Å². The largest absolute Gasteiger partial charge is 0.363 e. The van der Waals surface area contributed by atoms with Gasteiger partial charge in [-0.2, -0.15) is 0 Å². The van der Waals surface area contributed by atoms with Crippen LogP contribution in [0.3, 0.4) is 0 Å². The molecule has 1 aromatic carbocycles. The molecule has 3 rings (SSSR count). The molecule has 2 aliphatic rings. The van der Waals surface area contributed by atoms with Crippen molar-refractivity contribution in [1.29, 1.82) is 0 Å². The van der Waals surface area contributed by atoms with E-state index in [0.717, 1.165) is 13.1 Å². The van der Waals surface area contributed by atoms with Crippen LogP contribution >= 0.6 is 11.6 Å². The van der Waals surface area contributed by atoms with E-state index in [9.17, 15) is 4.39 Å². The van der Waals surface area contributed by atoms with Crippen LogP contribution in [-0.4, -0.2) is 24.7 Å². The molecule has 1 saturated carbocycles. The summed E-state index contributed by atoms with van der Waals surface area (Å²) in [6.45, 7) is 3.96. The smallest absolute Gasteiger partial charge is 0.147 e. The number of nitrogens with one attached hydrogen (secondary N) is 1. The molecule has 1 heterocycles. The molecule has 4 heteroatoms. The van der Waals surface area contributed by atoms with Gasteiger partial charge >= 0.3 is 0 Å². The monoisotopic (exact) mass is 296 g/mol. The lowest BCUT2D eigenvalue weighted by Gasteiger charge is -2.50. The van der Waals surface area contributed by atoms with Crippen molar-refractivity contribution in [3.05, 3.63) is 29.0 Å². The lowest BCUT2D eigenvalue weighted by atomic mass is 9.79. The Balaban J connectivity index is 1.86. The van der Waals surface area contributed by atoms with Gasteiger partial charge in [0.15, 0.2) is 0 Å². The number of anilines is 1. The van der Waals surface area contributed by atoms with Gasteiger partial charge in [0.2, 0.25) is 0 Å². The summed E-state index contributed by atoms with van der Waals surface area (Å²) < 4.78 is 14.2. The Morgan fingerprint density at radius 2 is 2.05 bits per heavy atom. The zero-order chi connectivity index (χ0) is 14.2. The third-order valence-electron chi connectivity index (χ3n) is 4.81. The van der Waals surface area contributed by atoms with Gasteiger partial charge in [0.25, 0.3) is 0 Å². The molecule has 110 valence electrons. The first kappa shape index (κ1) is 14.2. The molecular weight excluding hydrogens is 275 g/mol. The Morgan fingerprint density at radius 1 is 1.30 bits per heavy atom. The van der Waals surface area contributed by atoms with Gasteiger partial charge in [-0.15, -0.1) is 0 Å². The molecule has 1 aliphatic carbocycles. The minimum atomic E-state index is -0.211. The van der Waals surface area contributed by atoms with E-state index in [1.165, 1.54) is 38.2 Å². The van der Waals surface area contributed by atoms with E-state index >= 15 is 0 Å². The molecule has 0 amide bonds. The second-order valence-corrected chi connectivity index (χ2v) is 6.73. The van der Waals surface area contributed by atoms with Crippen LogP contribution in [0.2, 0.25) is 5.02 Å². The molecule has 1 spiro atoms. The Morgan fingerprint density at radius 3 is 2.75 bits per heavy atom. The van der Waals surface area contributed by atoms with Crippen LogP contribution in [0.15, 0.2) is 18.2 Å². The van der Waals surface area contributed by atoms with Crippen molar-refractivity contribution in [3.63, 3.8) is 0 Å². The fourth-order valence-corrected chi connectivity index (χ4v) is 3.77. The van der Waals surface area contributed by atoms with E-state index in [2.05, 4.69) is 17.1 Å². The van der Waals surface area contributed by atoms with E-state index in [1.807, 2.05) is 6.07 Å². The molecule has 1 atom stereocenters. The van der Waals surface area contributed by atoms with Crippen LogP contribution < -0.4 is 10.2 Å². The highest BCUT2D eigenvalue weighted by atomic mass is 35.5. The molecular formula is C16H22ClFN2. The summed E-state index contributed by atoms with van der Waals surface area (Å²) in [6, 6.07) is 5.32. The number of piperazine rings is 1. The molecule has 1 unspecified atom stereocenters. The Bertz CT molecular complexity index is 485. The molecule has 0 bridgehead atoms. The predicted octanol–water partition coefficient (Wildman–Crippen LogP) is 3.98. The minimum Gasteiger partial charge on any atom is -0.363 e. The number of halogens is 2. The van der Waals surface area contributed by atoms with Crippen LogP contribution in [0.1, 0.15) is 39.0 Å². The van der Waals surface area contributed by atoms with Gasteiger partial charge < -0.3 is 10.2 Å². The third-order valence-corrected chi connectivity index (χ3v) is 5.04. The first-order chi connectivity index (χ1) is 9.60. The average molecular weight is 297 g/mol. The summed E-state index contributed by atoms with van der Waals surface area (Å²) in [5.74, 6) is -0.211. The Hall–Kier alpha value is -0.800. The summed E-state index contributed by atoms with van der Waals surface area (Å²) in [6.07, 6.45) is 6.28. The molecule has 1 saturated heterocycles. The third kappa shape index (κ3) is 2.66. The molecule has 0 radical (unpaired) electrons. The number of nitrogens with zero attached hydrogens (tertiary/aromatic N) is 1. The van der Waals surface area contributed by atoms with Crippen LogP contribution in [0.25, 0.3) is 0 Å². The molecule has 2 nitrogen and oxygen atoms in total. The van der Waals surface area contributed by atoms with E-state index in [0.29, 0.717) is 16.8 Å². The second-order valence-electron chi connectivity index (χ2n) is 6.29. The highest BCUT2D eigenvalue weighted by molar-refractivity contribution is 6.30. The lowest BCUT2D eigenvalue weighted by molar-refractivity contribution is 0.200. The molecule has 1 aromatic rings. The van der Waals surface area contributed by atoms with Crippen LogP contribution in [0.5, 0.6) is 0 Å². The highest BCUT2D eigenvalue weighted by Gasteiger charge is 2.39. The number of rotatable bonds is 1. The zero-order valence-electron chi connectivity index (χ0n) is 12.0. The molecule has 2 fully saturated rings. The van der Waals surface area contributed by atoms with Gasteiger partial charge in [0, 0.05) is 29.7 Å². The van der Waals surface area contributed by atoms with Crippen LogP contribution in [-0.2, 0) is 0 Å².